The Balaban J connectivity index is 1.47. The summed E-state index contributed by atoms with van der Waals surface area (Å²) in [5, 5.41) is 3.69. The zero-order valence-electron chi connectivity index (χ0n) is 13.3. The van der Waals surface area contributed by atoms with Crippen LogP contribution in [-0.2, 0) is 6.42 Å². The van der Waals surface area contributed by atoms with Crippen molar-refractivity contribution in [1.29, 1.82) is 0 Å². The molecule has 3 heteroatoms. The zero-order valence-corrected chi connectivity index (χ0v) is 13.3. The molecule has 116 valence electrons. The first-order valence-corrected chi connectivity index (χ1v) is 8.55. The largest absolute Gasteiger partial charge is 0.311 e. The predicted octanol–water partition coefficient (Wildman–Crippen LogP) is 1.84. The highest BCUT2D eigenvalue weighted by atomic mass is 15.2. The Kier molecular flexibility index (Phi) is 5.28. The summed E-state index contributed by atoms with van der Waals surface area (Å²) >= 11 is 0. The Labute approximate surface area is 129 Å². The van der Waals surface area contributed by atoms with Gasteiger partial charge in [0.05, 0.1) is 0 Å². The molecule has 2 heterocycles. The fourth-order valence-electron chi connectivity index (χ4n) is 3.81. The average molecular weight is 287 g/mol. The summed E-state index contributed by atoms with van der Waals surface area (Å²) in [6.45, 7) is 11.0. The van der Waals surface area contributed by atoms with Gasteiger partial charge in [-0.15, -0.1) is 0 Å². The van der Waals surface area contributed by atoms with Crippen LogP contribution in [0.2, 0.25) is 0 Å². The van der Waals surface area contributed by atoms with E-state index in [1.165, 1.54) is 51.3 Å². The van der Waals surface area contributed by atoms with Gasteiger partial charge in [-0.05, 0) is 37.4 Å². The topological polar surface area (TPSA) is 18.5 Å². The molecule has 3 nitrogen and oxygen atoms in total. The van der Waals surface area contributed by atoms with E-state index < -0.39 is 0 Å². The molecular weight excluding hydrogens is 258 g/mol. The highest BCUT2D eigenvalue weighted by Crippen LogP contribution is 2.18. The van der Waals surface area contributed by atoms with Gasteiger partial charge in [-0.25, -0.2) is 0 Å². The number of piperazine rings is 1. The Morgan fingerprint density at radius 1 is 1.10 bits per heavy atom. The van der Waals surface area contributed by atoms with E-state index in [0.717, 1.165) is 18.9 Å². The average Bonchev–Trinajstić information content (AvgIpc) is 2.96. The maximum atomic E-state index is 3.69. The van der Waals surface area contributed by atoms with E-state index in [-0.39, 0.29) is 0 Å². The molecule has 0 radical (unpaired) electrons. The van der Waals surface area contributed by atoms with Crippen molar-refractivity contribution in [1.82, 2.24) is 15.1 Å². The minimum atomic E-state index is 0.616. The molecule has 2 saturated heterocycles. The van der Waals surface area contributed by atoms with Gasteiger partial charge in [0.15, 0.2) is 0 Å². The van der Waals surface area contributed by atoms with Crippen LogP contribution in [0, 0.1) is 5.92 Å². The molecule has 3 rings (SSSR count). The lowest BCUT2D eigenvalue weighted by Crippen LogP contribution is -2.52. The Bertz CT molecular complexity index is 420. The maximum Gasteiger partial charge on any atom is 0.0235 e. The van der Waals surface area contributed by atoms with Crippen LogP contribution in [0.5, 0.6) is 0 Å². The van der Waals surface area contributed by atoms with Crippen LogP contribution >= 0.6 is 0 Å². The summed E-state index contributed by atoms with van der Waals surface area (Å²) in [6.07, 6.45) is 2.55. The monoisotopic (exact) mass is 287 g/mol. The second-order valence-corrected chi connectivity index (χ2v) is 6.65. The highest BCUT2D eigenvalue weighted by molar-refractivity contribution is 5.16. The van der Waals surface area contributed by atoms with E-state index in [1.54, 1.807) is 0 Å². The molecule has 0 saturated carbocycles. The van der Waals surface area contributed by atoms with Gasteiger partial charge in [0.2, 0.25) is 0 Å². The van der Waals surface area contributed by atoms with E-state index in [2.05, 4.69) is 52.4 Å². The molecule has 21 heavy (non-hydrogen) atoms. The standard InChI is InChI=1S/C18H29N3/c1-2-20-10-8-17(13-20)14-21-11-9-19-18(15-21)12-16-6-4-3-5-7-16/h3-7,17-19H,2,8-15H2,1H3. The van der Waals surface area contributed by atoms with E-state index in [9.17, 15) is 0 Å². The first-order chi connectivity index (χ1) is 10.3. The minimum Gasteiger partial charge on any atom is -0.311 e. The fourth-order valence-corrected chi connectivity index (χ4v) is 3.81. The maximum absolute atomic E-state index is 3.69. The third kappa shape index (κ3) is 4.29. The number of hydrogen-bond acceptors (Lipinski definition) is 3. The molecule has 1 N–H and O–H groups in total. The van der Waals surface area contributed by atoms with Crippen LogP contribution in [0.3, 0.4) is 0 Å². The van der Waals surface area contributed by atoms with Crippen molar-refractivity contribution in [2.45, 2.75) is 25.8 Å². The molecule has 2 fully saturated rings. The molecule has 0 aliphatic carbocycles. The van der Waals surface area contributed by atoms with Crippen molar-refractivity contribution in [2.24, 2.45) is 5.92 Å². The van der Waals surface area contributed by atoms with Gasteiger partial charge in [0.1, 0.15) is 0 Å². The summed E-state index contributed by atoms with van der Waals surface area (Å²) in [5.74, 6) is 0.889. The first kappa shape index (κ1) is 15.0. The fraction of sp³-hybridized carbons (Fsp3) is 0.667. The van der Waals surface area contributed by atoms with Crippen molar-refractivity contribution >= 4 is 0 Å². The van der Waals surface area contributed by atoms with E-state index in [1.807, 2.05) is 0 Å². The smallest absolute Gasteiger partial charge is 0.0235 e. The van der Waals surface area contributed by atoms with Crippen LogP contribution in [-0.4, -0.2) is 61.7 Å². The lowest BCUT2D eigenvalue weighted by Gasteiger charge is -2.35. The summed E-state index contributed by atoms with van der Waals surface area (Å²) in [5.41, 5.74) is 1.45. The van der Waals surface area contributed by atoms with Crippen molar-refractivity contribution in [3.05, 3.63) is 35.9 Å². The molecule has 2 aliphatic heterocycles. The highest BCUT2D eigenvalue weighted by Gasteiger charge is 2.26. The quantitative estimate of drug-likeness (QED) is 0.891. The predicted molar refractivity (Wildman–Crippen MR) is 88.6 cm³/mol. The van der Waals surface area contributed by atoms with Crippen molar-refractivity contribution in [2.75, 3.05) is 45.8 Å². The summed E-state index contributed by atoms with van der Waals surface area (Å²) in [7, 11) is 0. The van der Waals surface area contributed by atoms with Gasteiger partial charge < -0.3 is 15.1 Å². The van der Waals surface area contributed by atoms with Crippen LogP contribution in [0.25, 0.3) is 0 Å². The van der Waals surface area contributed by atoms with E-state index in [0.29, 0.717) is 6.04 Å². The molecule has 0 bridgehead atoms. The molecule has 2 unspecified atom stereocenters. The SMILES string of the molecule is CCN1CCC(CN2CCNC(Cc3ccccc3)C2)C1. The molecule has 0 amide bonds. The number of benzene rings is 1. The zero-order chi connectivity index (χ0) is 14.5. The van der Waals surface area contributed by atoms with E-state index >= 15 is 0 Å². The number of nitrogens with zero attached hydrogens (tertiary/aromatic N) is 2. The summed E-state index contributed by atoms with van der Waals surface area (Å²) in [6, 6.07) is 11.5. The third-order valence-corrected chi connectivity index (χ3v) is 5.00. The number of rotatable bonds is 5. The molecule has 2 aliphatic rings. The second-order valence-electron chi connectivity index (χ2n) is 6.65. The number of hydrogen-bond donors (Lipinski definition) is 1. The van der Waals surface area contributed by atoms with Gasteiger partial charge in [-0.3, -0.25) is 0 Å². The lowest BCUT2D eigenvalue weighted by atomic mass is 10.0. The second kappa shape index (κ2) is 7.39. The van der Waals surface area contributed by atoms with Crippen LogP contribution in [0.4, 0.5) is 0 Å². The van der Waals surface area contributed by atoms with Crippen LogP contribution in [0.15, 0.2) is 30.3 Å². The van der Waals surface area contributed by atoms with Gasteiger partial charge >= 0.3 is 0 Å². The van der Waals surface area contributed by atoms with Gasteiger partial charge in [-0.1, -0.05) is 37.3 Å². The molecule has 0 spiro atoms. The van der Waals surface area contributed by atoms with Gasteiger partial charge in [0, 0.05) is 38.8 Å². The summed E-state index contributed by atoms with van der Waals surface area (Å²) in [4.78, 5) is 5.28. The van der Waals surface area contributed by atoms with Gasteiger partial charge in [-0.2, -0.15) is 0 Å². The van der Waals surface area contributed by atoms with Crippen LogP contribution < -0.4 is 5.32 Å². The Hall–Kier alpha value is -0.900. The van der Waals surface area contributed by atoms with E-state index in [4.69, 9.17) is 0 Å². The minimum absolute atomic E-state index is 0.616. The third-order valence-electron chi connectivity index (χ3n) is 5.00. The van der Waals surface area contributed by atoms with Crippen molar-refractivity contribution in [3.8, 4) is 0 Å². The molecular formula is C18H29N3. The Morgan fingerprint density at radius 3 is 2.71 bits per heavy atom. The first-order valence-electron chi connectivity index (χ1n) is 8.55. The summed E-state index contributed by atoms with van der Waals surface area (Å²) < 4.78 is 0. The normalized spacial score (nSPS) is 28.0. The number of likely N-dealkylation sites (tertiary alicyclic amines) is 1. The Morgan fingerprint density at radius 2 is 1.95 bits per heavy atom. The lowest BCUT2D eigenvalue weighted by molar-refractivity contribution is 0.172. The van der Waals surface area contributed by atoms with Crippen LogP contribution in [0.1, 0.15) is 18.9 Å². The van der Waals surface area contributed by atoms with Gasteiger partial charge in [0.25, 0.3) is 0 Å². The van der Waals surface area contributed by atoms with Crippen molar-refractivity contribution < 1.29 is 0 Å². The molecule has 1 aromatic rings. The molecule has 0 aromatic heterocycles. The number of nitrogens with one attached hydrogen (secondary N) is 1. The molecule has 2 atom stereocenters. The van der Waals surface area contributed by atoms with Crippen molar-refractivity contribution in [3.63, 3.8) is 0 Å². The molecule has 1 aromatic carbocycles.